The summed E-state index contributed by atoms with van der Waals surface area (Å²) < 4.78 is 37.1. The zero-order chi connectivity index (χ0) is 13.2. The second-order valence-electron chi connectivity index (χ2n) is 4.48. The van der Waals surface area contributed by atoms with Gasteiger partial charge in [0.15, 0.2) is 0 Å². The Balaban J connectivity index is 2.05. The van der Waals surface area contributed by atoms with Crippen LogP contribution < -0.4 is 0 Å². The molecule has 4 heteroatoms. The van der Waals surface area contributed by atoms with Gasteiger partial charge in [-0.3, -0.25) is 4.79 Å². The molecular weight excluding hydrogens is 241 g/mol. The van der Waals surface area contributed by atoms with E-state index in [0.717, 1.165) is 29.7 Å². The van der Waals surface area contributed by atoms with E-state index in [2.05, 4.69) is 0 Å². The van der Waals surface area contributed by atoms with Gasteiger partial charge < -0.3 is 0 Å². The lowest BCUT2D eigenvalue weighted by molar-refractivity contribution is -0.137. The first-order chi connectivity index (χ1) is 8.45. The molecule has 1 aliphatic carbocycles. The van der Waals surface area contributed by atoms with Crippen LogP contribution in [0.2, 0.25) is 0 Å². The van der Waals surface area contributed by atoms with Crippen molar-refractivity contribution in [3.8, 4) is 0 Å². The number of carbonyl (C=O) groups is 1. The summed E-state index contributed by atoms with van der Waals surface area (Å²) >= 11 is 0. The molecule has 18 heavy (non-hydrogen) atoms. The van der Waals surface area contributed by atoms with Gasteiger partial charge in [0, 0.05) is 12.8 Å². The number of benzene rings is 1. The fourth-order valence-corrected chi connectivity index (χ4v) is 2.00. The number of hydrogen-bond acceptors (Lipinski definition) is 1. The molecule has 0 saturated heterocycles. The van der Waals surface area contributed by atoms with Crippen LogP contribution in [0, 0.1) is 0 Å². The van der Waals surface area contributed by atoms with Crippen LogP contribution >= 0.6 is 0 Å². The van der Waals surface area contributed by atoms with Crippen LogP contribution in [0.4, 0.5) is 13.2 Å². The van der Waals surface area contributed by atoms with Gasteiger partial charge in [0.25, 0.3) is 0 Å². The number of allylic oxidation sites excluding steroid dienone is 2. The number of carbonyl (C=O) groups excluding carboxylic acids is 1. The summed E-state index contributed by atoms with van der Waals surface area (Å²) in [7, 11) is 0. The third kappa shape index (κ3) is 3.22. The van der Waals surface area contributed by atoms with E-state index in [1.807, 2.05) is 6.08 Å². The lowest BCUT2D eigenvalue weighted by Gasteiger charge is -2.13. The average molecular weight is 254 g/mol. The average Bonchev–Trinajstić information content (AvgIpc) is 2.32. The molecule has 1 aromatic rings. The lowest BCUT2D eigenvalue weighted by Crippen LogP contribution is -2.06. The predicted octanol–water partition coefficient (Wildman–Crippen LogP) is 3.93. The number of alkyl halides is 3. The van der Waals surface area contributed by atoms with Crippen molar-refractivity contribution in [1.82, 2.24) is 0 Å². The SMILES string of the molecule is O=C1CC=C(Cc2ccc(C(F)(F)F)cc2)CC1. The number of Topliss-reactive ketones (excluding diaryl/α,β-unsaturated/α-hetero) is 1. The molecule has 0 saturated carbocycles. The molecule has 1 nitrogen and oxygen atoms in total. The van der Waals surface area contributed by atoms with Crippen LogP contribution in [0.25, 0.3) is 0 Å². The molecule has 0 fully saturated rings. The highest BCUT2D eigenvalue weighted by Gasteiger charge is 2.29. The molecule has 0 N–H and O–H groups in total. The third-order valence-electron chi connectivity index (χ3n) is 3.06. The van der Waals surface area contributed by atoms with Crippen LogP contribution in [0.5, 0.6) is 0 Å². The smallest absolute Gasteiger partial charge is 0.299 e. The molecule has 1 aromatic carbocycles. The summed E-state index contributed by atoms with van der Waals surface area (Å²) in [6.45, 7) is 0. The van der Waals surface area contributed by atoms with E-state index >= 15 is 0 Å². The monoisotopic (exact) mass is 254 g/mol. The van der Waals surface area contributed by atoms with E-state index in [1.54, 1.807) is 0 Å². The molecule has 96 valence electrons. The molecule has 0 radical (unpaired) electrons. The van der Waals surface area contributed by atoms with Crippen LogP contribution in [-0.2, 0) is 17.4 Å². The quantitative estimate of drug-likeness (QED) is 0.731. The van der Waals surface area contributed by atoms with Gasteiger partial charge in [0.2, 0.25) is 0 Å². The fraction of sp³-hybridized carbons (Fsp3) is 0.357. The van der Waals surface area contributed by atoms with Gasteiger partial charge in [-0.1, -0.05) is 23.8 Å². The summed E-state index contributed by atoms with van der Waals surface area (Å²) in [4.78, 5) is 11.0. The van der Waals surface area contributed by atoms with Crippen LogP contribution in [0.15, 0.2) is 35.9 Å². The zero-order valence-corrected chi connectivity index (χ0v) is 9.76. The first kappa shape index (κ1) is 12.9. The van der Waals surface area contributed by atoms with E-state index in [1.165, 1.54) is 12.1 Å². The molecule has 0 bridgehead atoms. The number of halogens is 3. The maximum Gasteiger partial charge on any atom is 0.416 e. The van der Waals surface area contributed by atoms with E-state index in [-0.39, 0.29) is 5.78 Å². The Hall–Kier alpha value is -1.58. The van der Waals surface area contributed by atoms with Crippen molar-refractivity contribution in [3.05, 3.63) is 47.0 Å². The van der Waals surface area contributed by atoms with Crippen molar-refractivity contribution >= 4 is 5.78 Å². The summed E-state index contributed by atoms with van der Waals surface area (Å²) in [6, 6.07) is 5.20. The largest absolute Gasteiger partial charge is 0.416 e. The summed E-state index contributed by atoms with van der Waals surface area (Å²) in [5.41, 5.74) is 1.36. The minimum absolute atomic E-state index is 0.228. The van der Waals surface area contributed by atoms with Crippen LogP contribution in [0.1, 0.15) is 30.4 Å². The van der Waals surface area contributed by atoms with Crippen molar-refractivity contribution < 1.29 is 18.0 Å². The molecule has 1 aliphatic rings. The molecular formula is C14H13F3O. The number of rotatable bonds is 2. The summed E-state index contributed by atoms with van der Waals surface area (Å²) in [6.07, 6.45) is -0.0354. The Bertz CT molecular complexity index is 469. The normalized spacial score (nSPS) is 16.6. The predicted molar refractivity (Wildman–Crippen MR) is 62.1 cm³/mol. The van der Waals surface area contributed by atoms with Crippen LogP contribution in [0.3, 0.4) is 0 Å². The van der Waals surface area contributed by atoms with Gasteiger partial charge in [0.1, 0.15) is 5.78 Å². The van der Waals surface area contributed by atoms with Crippen LogP contribution in [-0.4, -0.2) is 5.78 Å². The Labute approximate surface area is 103 Å². The second-order valence-corrected chi connectivity index (χ2v) is 4.48. The minimum Gasteiger partial charge on any atom is -0.299 e. The molecule has 0 unspecified atom stereocenters. The Morgan fingerprint density at radius 1 is 1.06 bits per heavy atom. The molecule has 2 rings (SSSR count). The van der Waals surface area contributed by atoms with Gasteiger partial charge in [-0.15, -0.1) is 0 Å². The highest BCUT2D eigenvalue weighted by molar-refractivity contribution is 5.81. The van der Waals surface area contributed by atoms with Crippen molar-refractivity contribution in [3.63, 3.8) is 0 Å². The van der Waals surface area contributed by atoms with Crippen molar-refractivity contribution in [1.29, 1.82) is 0 Å². The maximum atomic E-state index is 12.4. The van der Waals surface area contributed by atoms with Crippen molar-refractivity contribution in [2.45, 2.75) is 31.9 Å². The highest BCUT2D eigenvalue weighted by atomic mass is 19.4. The number of ketones is 1. The maximum absolute atomic E-state index is 12.4. The van der Waals surface area contributed by atoms with E-state index in [0.29, 0.717) is 19.3 Å². The molecule has 0 heterocycles. The van der Waals surface area contributed by atoms with Gasteiger partial charge in [-0.2, -0.15) is 13.2 Å². The van der Waals surface area contributed by atoms with Gasteiger partial charge in [0.05, 0.1) is 5.56 Å². The summed E-state index contributed by atoms with van der Waals surface area (Å²) in [5.74, 6) is 0.228. The molecule has 0 aromatic heterocycles. The Kier molecular flexibility index (Phi) is 3.55. The Morgan fingerprint density at radius 3 is 2.22 bits per heavy atom. The molecule has 0 atom stereocenters. The first-order valence-corrected chi connectivity index (χ1v) is 5.81. The Morgan fingerprint density at radius 2 is 1.72 bits per heavy atom. The standard InChI is InChI=1S/C14H13F3O/c15-14(16,17)12-5-1-10(2-6-12)9-11-3-7-13(18)8-4-11/h1-3,5-6H,4,7-9H2. The van der Waals surface area contributed by atoms with E-state index in [4.69, 9.17) is 0 Å². The highest BCUT2D eigenvalue weighted by Crippen LogP contribution is 2.29. The second kappa shape index (κ2) is 4.96. The van der Waals surface area contributed by atoms with Gasteiger partial charge >= 0.3 is 6.18 Å². The molecule has 0 aliphatic heterocycles. The van der Waals surface area contributed by atoms with Gasteiger partial charge in [-0.25, -0.2) is 0 Å². The van der Waals surface area contributed by atoms with E-state index in [9.17, 15) is 18.0 Å². The first-order valence-electron chi connectivity index (χ1n) is 5.81. The number of hydrogen-bond donors (Lipinski definition) is 0. The molecule has 0 spiro atoms. The van der Waals surface area contributed by atoms with Crippen molar-refractivity contribution in [2.24, 2.45) is 0 Å². The lowest BCUT2D eigenvalue weighted by atomic mass is 9.93. The fourth-order valence-electron chi connectivity index (χ4n) is 2.00. The van der Waals surface area contributed by atoms with Crippen molar-refractivity contribution in [2.75, 3.05) is 0 Å². The topological polar surface area (TPSA) is 17.1 Å². The zero-order valence-electron chi connectivity index (χ0n) is 9.76. The third-order valence-corrected chi connectivity index (χ3v) is 3.06. The van der Waals surface area contributed by atoms with E-state index < -0.39 is 11.7 Å². The molecule has 0 amide bonds. The summed E-state index contributed by atoms with van der Waals surface area (Å²) in [5, 5.41) is 0. The van der Waals surface area contributed by atoms with Gasteiger partial charge in [-0.05, 0) is 30.5 Å². The minimum atomic E-state index is -4.28.